The lowest BCUT2D eigenvalue weighted by Gasteiger charge is -2.46. The number of aryl methyl sites for hydroxylation is 1. The van der Waals surface area contributed by atoms with E-state index in [4.69, 9.17) is 5.73 Å². The maximum absolute atomic E-state index is 13.1. The summed E-state index contributed by atoms with van der Waals surface area (Å²) in [5.41, 5.74) is 5.27. The van der Waals surface area contributed by atoms with Gasteiger partial charge in [0.25, 0.3) is 0 Å². The van der Waals surface area contributed by atoms with Crippen molar-refractivity contribution in [3.05, 3.63) is 17.5 Å². The highest BCUT2D eigenvalue weighted by Gasteiger charge is 2.58. The zero-order chi connectivity index (χ0) is 13.6. The molecule has 1 heterocycles. The molecule has 0 aliphatic heterocycles. The first-order valence-corrected chi connectivity index (χ1v) is 5.54. The molecule has 1 aliphatic carbocycles. The topological polar surface area (TPSA) is 70.1 Å². The van der Waals surface area contributed by atoms with E-state index >= 15 is 0 Å². The summed E-state index contributed by atoms with van der Waals surface area (Å²) in [6.07, 6.45) is 0.854. The summed E-state index contributed by atoms with van der Waals surface area (Å²) in [6, 6.07) is 0. The number of aromatic nitrogens is 2. The van der Waals surface area contributed by atoms with Gasteiger partial charge in [-0.3, -0.25) is 4.68 Å². The largest absolute Gasteiger partial charge is 0.464 e. The Morgan fingerprint density at radius 1 is 1.61 bits per heavy atom. The molecule has 7 heteroatoms. The number of hydrogen-bond donors (Lipinski definition) is 1. The quantitative estimate of drug-likeness (QED) is 0.816. The van der Waals surface area contributed by atoms with Crippen LogP contribution in [0.15, 0.2) is 6.20 Å². The maximum atomic E-state index is 13.1. The van der Waals surface area contributed by atoms with E-state index in [9.17, 15) is 13.6 Å². The van der Waals surface area contributed by atoms with Crippen LogP contribution in [0.4, 0.5) is 8.78 Å². The van der Waals surface area contributed by atoms with Gasteiger partial charge in [-0.15, -0.1) is 0 Å². The van der Waals surface area contributed by atoms with Gasteiger partial charge in [0.05, 0.1) is 7.11 Å². The van der Waals surface area contributed by atoms with Gasteiger partial charge in [-0.05, 0) is 0 Å². The molecule has 0 bridgehead atoms. The number of halogens is 2. The van der Waals surface area contributed by atoms with Crippen molar-refractivity contribution in [3.8, 4) is 0 Å². The van der Waals surface area contributed by atoms with E-state index < -0.39 is 17.3 Å². The summed E-state index contributed by atoms with van der Waals surface area (Å²) in [4.78, 5) is 11.6. The number of carbonyl (C=O) groups is 1. The number of ether oxygens (including phenoxy) is 1. The highest BCUT2D eigenvalue weighted by molar-refractivity contribution is 5.89. The number of esters is 1. The summed E-state index contributed by atoms with van der Waals surface area (Å²) in [6.45, 7) is 0.0538. The summed E-state index contributed by atoms with van der Waals surface area (Å²) >= 11 is 0. The van der Waals surface area contributed by atoms with E-state index in [0.717, 1.165) is 0 Å². The van der Waals surface area contributed by atoms with Crippen molar-refractivity contribution in [2.45, 2.75) is 24.2 Å². The molecule has 0 saturated heterocycles. The minimum Gasteiger partial charge on any atom is -0.464 e. The van der Waals surface area contributed by atoms with Crippen LogP contribution in [0.5, 0.6) is 0 Å². The van der Waals surface area contributed by atoms with Gasteiger partial charge >= 0.3 is 5.97 Å². The lowest BCUT2D eigenvalue weighted by atomic mass is 9.62. The smallest absolute Gasteiger partial charge is 0.358 e. The second-order valence-corrected chi connectivity index (χ2v) is 4.75. The van der Waals surface area contributed by atoms with Crippen molar-refractivity contribution in [3.63, 3.8) is 0 Å². The van der Waals surface area contributed by atoms with Gasteiger partial charge in [-0.25, -0.2) is 13.6 Å². The molecule has 1 aromatic heterocycles. The average molecular weight is 259 g/mol. The highest BCUT2D eigenvalue weighted by atomic mass is 19.3. The third-order valence-electron chi connectivity index (χ3n) is 3.36. The summed E-state index contributed by atoms with van der Waals surface area (Å²) < 4.78 is 32.3. The fraction of sp³-hybridized carbons (Fsp3) is 0.636. The van der Waals surface area contributed by atoms with Gasteiger partial charge in [0.15, 0.2) is 5.69 Å². The number of nitrogens with zero attached hydrogens (tertiary/aromatic N) is 2. The van der Waals surface area contributed by atoms with E-state index in [0.29, 0.717) is 5.56 Å². The Bertz CT molecular complexity index is 477. The molecule has 0 radical (unpaired) electrons. The molecule has 0 spiro atoms. The van der Waals surface area contributed by atoms with Gasteiger partial charge in [-0.1, -0.05) is 0 Å². The molecule has 0 atom stereocenters. The minimum atomic E-state index is -2.72. The van der Waals surface area contributed by atoms with Crippen molar-refractivity contribution in [2.75, 3.05) is 13.7 Å². The van der Waals surface area contributed by atoms with Crippen molar-refractivity contribution in [2.24, 2.45) is 12.8 Å². The molecule has 0 unspecified atom stereocenters. The summed E-state index contributed by atoms with van der Waals surface area (Å²) in [5, 5.41) is 3.97. The van der Waals surface area contributed by atoms with Gasteiger partial charge in [0.1, 0.15) is 0 Å². The van der Waals surface area contributed by atoms with Crippen LogP contribution >= 0.6 is 0 Å². The van der Waals surface area contributed by atoms with Gasteiger partial charge in [0, 0.05) is 43.6 Å². The maximum Gasteiger partial charge on any atom is 0.358 e. The summed E-state index contributed by atoms with van der Waals surface area (Å²) in [5.74, 6) is -3.35. The number of carbonyl (C=O) groups excluding carboxylic acids is 1. The Labute approximate surface area is 103 Å². The van der Waals surface area contributed by atoms with Crippen LogP contribution < -0.4 is 5.73 Å². The Balaban J connectivity index is 2.41. The lowest BCUT2D eigenvalue weighted by molar-refractivity contribution is -0.124. The molecular formula is C11H15F2N3O2. The van der Waals surface area contributed by atoms with Crippen LogP contribution in [0.1, 0.15) is 28.9 Å². The van der Waals surface area contributed by atoms with Crippen molar-refractivity contribution >= 4 is 5.97 Å². The third kappa shape index (κ3) is 1.88. The fourth-order valence-electron chi connectivity index (χ4n) is 2.51. The molecule has 0 aromatic carbocycles. The molecule has 1 aromatic rings. The standard InChI is InChI=1S/C11H15F2N3O2/c1-16-3-7(8(15-16)9(17)18-2)10(6-14)4-11(12,13)5-10/h3H,4-6,14H2,1-2H3. The van der Waals surface area contributed by atoms with Gasteiger partial charge < -0.3 is 10.5 Å². The van der Waals surface area contributed by atoms with Crippen LogP contribution in [-0.2, 0) is 17.2 Å². The molecule has 18 heavy (non-hydrogen) atoms. The Hall–Kier alpha value is -1.50. The van der Waals surface area contributed by atoms with Crippen molar-refractivity contribution in [1.82, 2.24) is 9.78 Å². The molecule has 2 N–H and O–H groups in total. The Morgan fingerprint density at radius 3 is 2.67 bits per heavy atom. The molecule has 2 rings (SSSR count). The van der Waals surface area contributed by atoms with Crippen molar-refractivity contribution in [1.29, 1.82) is 0 Å². The average Bonchev–Trinajstić information content (AvgIpc) is 2.66. The van der Waals surface area contributed by atoms with Crippen LogP contribution in [0.3, 0.4) is 0 Å². The minimum absolute atomic E-state index is 0.0538. The first-order valence-electron chi connectivity index (χ1n) is 5.54. The first kappa shape index (κ1) is 12.9. The highest BCUT2D eigenvalue weighted by Crippen LogP contribution is 2.53. The van der Waals surface area contributed by atoms with E-state index in [1.807, 2.05) is 0 Å². The molecule has 1 saturated carbocycles. The number of hydrogen-bond acceptors (Lipinski definition) is 4. The third-order valence-corrected chi connectivity index (χ3v) is 3.36. The van der Waals surface area contributed by atoms with E-state index in [1.54, 1.807) is 13.2 Å². The predicted molar refractivity (Wildman–Crippen MR) is 59.5 cm³/mol. The predicted octanol–water partition coefficient (Wildman–Crippen LogP) is 0.832. The van der Waals surface area contributed by atoms with Crippen LogP contribution in [0, 0.1) is 0 Å². The number of rotatable bonds is 3. The number of nitrogens with two attached hydrogens (primary N) is 1. The zero-order valence-electron chi connectivity index (χ0n) is 10.2. The molecule has 1 fully saturated rings. The molecule has 5 nitrogen and oxygen atoms in total. The van der Waals surface area contributed by atoms with Crippen LogP contribution in [-0.4, -0.2) is 35.3 Å². The lowest BCUT2D eigenvalue weighted by Crippen LogP contribution is -2.54. The van der Waals surface area contributed by atoms with Gasteiger partial charge in [0.2, 0.25) is 5.92 Å². The van der Waals surface area contributed by atoms with Crippen LogP contribution in [0.2, 0.25) is 0 Å². The molecule has 1 aliphatic rings. The second kappa shape index (κ2) is 4.01. The normalized spacial score (nSPS) is 20.3. The van der Waals surface area contributed by atoms with Crippen molar-refractivity contribution < 1.29 is 18.3 Å². The van der Waals surface area contributed by atoms with E-state index in [1.165, 1.54) is 11.8 Å². The Kier molecular flexibility index (Phi) is 2.89. The Morgan fingerprint density at radius 2 is 2.22 bits per heavy atom. The number of methoxy groups -OCH3 is 1. The summed E-state index contributed by atoms with van der Waals surface area (Å²) in [7, 11) is 2.85. The van der Waals surface area contributed by atoms with E-state index in [2.05, 4.69) is 9.84 Å². The van der Waals surface area contributed by atoms with E-state index in [-0.39, 0.29) is 25.1 Å². The number of alkyl halides is 2. The fourth-order valence-corrected chi connectivity index (χ4v) is 2.51. The van der Waals surface area contributed by atoms with Gasteiger partial charge in [-0.2, -0.15) is 5.10 Å². The first-order chi connectivity index (χ1) is 8.33. The molecule has 100 valence electrons. The van der Waals surface area contributed by atoms with Crippen LogP contribution in [0.25, 0.3) is 0 Å². The SMILES string of the molecule is COC(=O)c1nn(C)cc1C1(CN)CC(F)(F)C1. The molecular weight excluding hydrogens is 244 g/mol. The monoisotopic (exact) mass is 259 g/mol. The zero-order valence-corrected chi connectivity index (χ0v) is 10.2. The molecule has 0 amide bonds. The second-order valence-electron chi connectivity index (χ2n) is 4.75.